The largest absolute Gasteiger partial charge is 0.346 e. The van der Waals surface area contributed by atoms with Gasteiger partial charge in [-0.15, -0.1) is 0 Å². The van der Waals surface area contributed by atoms with Crippen LogP contribution in [0.2, 0.25) is 0 Å². The van der Waals surface area contributed by atoms with Crippen molar-refractivity contribution in [2.75, 3.05) is 19.6 Å². The number of nitrogens with zero attached hydrogens (tertiary/aromatic N) is 3. The second kappa shape index (κ2) is 7.30. The molecule has 0 radical (unpaired) electrons. The van der Waals surface area contributed by atoms with Gasteiger partial charge in [-0.05, 0) is 37.7 Å². The Morgan fingerprint density at radius 3 is 2.57 bits per heavy atom. The van der Waals surface area contributed by atoms with Crippen molar-refractivity contribution >= 4 is 21.9 Å². The molecule has 3 aromatic rings. The average molecular weight is 417 g/mol. The first-order valence-electron chi connectivity index (χ1n) is 10.6. The van der Waals surface area contributed by atoms with Gasteiger partial charge in [0.2, 0.25) is 0 Å². The van der Waals surface area contributed by atoms with E-state index >= 15 is 0 Å². The van der Waals surface area contributed by atoms with Gasteiger partial charge in [-0.3, -0.25) is 14.3 Å². The van der Waals surface area contributed by atoms with Gasteiger partial charge in [-0.2, -0.15) is 0 Å². The molecular weight excluding hydrogens is 392 g/mol. The number of fused-ring (bicyclic) bond motifs is 3. The third kappa shape index (κ3) is 3.45. The number of alkyl halides is 2. The van der Waals surface area contributed by atoms with E-state index in [0.717, 1.165) is 37.6 Å². The molecule has 0 spiro atoms. The van der Waals surface area contributed by atoms with Gasteiger partial charge >= 0.3 is 5.69 Å². The van der Waals surface area contributed by atoms with Crippen molar-refractivity contribution < 1.29 is 8.78 Å². The van der Waals surface area contributed by atoms with Crippen molar-refractivity contribution in [3.8, 4) is 0 Å². The van der Waals surface area contributed by atoms with Gasteiger partial charge in [0.15, 0.2) is 0 Å². The van der Waals surface area contributed by atoms with Crippen LogP contribution in [0.15, 0.2) is 28.0 Å². The van der Waals surface area contributed by atoms with Crippen LogP contribution in [0.4, 0.5) is 8.78 Å². The summed E-state index contributed by atoms with van der Waals surface area (Å²) in [5.41, 5.74) is 0.480. The van der Waals surface area contributed by atoms with Crippen LogP contribution >= 0.6 is 0 Å². The van der Waals surface area contributed by atoms with Crippen molar-refractivity contribution in [2.24, 2.45) is 5.92 Å². The number of piperidine rings is 1. The molecule has 160 valence electrons. The molecule has 7 nitrogen and oxygen atoms in total. The van der Waals surface area contributed by atoms with Crippen LogP contribution in [0.1, 0.15) is 44.6 Å². The molecular formula is C21H25F2N5O2. The molecule has 2 aliphatic rings. The highest BCUT2D eigenvalue weighted by atomic mass is 19.3. The topological polar surface area (TPSA) is 86.8 Å². The van der Waals surface area contributed by atoms with Crippen LogP contribution < -0.4 is 11.2 Å². The first-order chi connectivity index (χ1) is 14.4. The Hall–Kier alpha value is -2.55. The number of aromatic amines is 2. The number of hydrogen-bond donors (Lipinski definition) is 2. The highest BCUT2D eigenvalue weighted by Crippen LogP contribution is 2.35. The fourth-order valence-corrected chi connectivity index (χ4v) is 5.11. The van der Waals surface area contributed by atoms with Gasteiger partial charge in [0.05, 0.1) is 10.9 Å². The van der Waals surface area contributed by atoms with Crippen LogP contribution in [0.3, 0.4) is 0 Å². The SMILES string of the molecule is O=c1[nH]c(=O)n(C2CCC(CN3CCC(F)(F)CC3)CC2)c2c1cnc1[nH]ccc12. The van der Waals surface area contributed by atoms with E-state index in [9.17, 15) is 18.4 Å². The predicted molar refractivity (Wildman–Crippen MR) is 110 cm³/mol. The molecule has 0 bridgehead atoms. The smallest absolute Gasteiger partial charge is 0.329 e. The first-order valence-corrected chi connectivity index (χ1v) is 10.6. The number of pyridine rings is 1. The van der Waals surface area contributed by atoms with Crippen LogP contribution in [0.25, 0.3) is 21.9 Å². The Bertz CT molecular complexity index is 1180. The van der Waals surface area contributed by atoms with E-state index in [2.05, 4.69) is 19.9 Å². The van der Waals surface area contributed by atoms with E-state index in [1.807, 2.05) is 6.07 Å². The number of hydrogen-bond acceptors (Lipinski definition) is 4. The number of halogens is 2. The summed E-state index contributed by atoms with van der Waals surface area (Å²) in [6, 6.07) is 1.84. The van der Waals surface area contributed by atoms with E-state index < -0.39 is 11.5 Å². The zero-order chi connectivity index (χ0) is 20.9. The Kier molecular flexibility index (Phi) is 4.72. The zero-order valence-electron chi connectivity index (χ0n) is 16.7. The van der Waals surface area contributed by atoms with Crippen molar-refractivity contribution in [1.29, 1.82) is 0 Å². The number of rotatable bonds is 3. The average Bonchev–Trinajstić information content (AvgIpc) is 3.20. The van der Waals surface area contributed by atoms with E-state index in [1.165, 1.54) is 6.20 Å². The molecule has 1 aliphatic carbocycles. The van der Waals surface area contributed by atoms with Gasteiger partial charge in [-0.1, -0.05) is 0 Å². The van der Waals surface area contributed by atoms with Crippen LogP contribution in [-0.2, 0) is 0 Å². The molecule has 1 saturated carbocycles. The second-order valence-corrected chi connectivity index (χ2v) is 8.72. The molecule has 4 heterocycles. The first kappa shape index (κ1) is 19.4. The normalized spacial score (nSPS) is 25.1. The van der Waals surface area contributed by atoms with Gasteiger partial charge in [0.1, 0.15) is 5.65 Å². The lowest BCUT2D eigenvalue weighted by Crippen LogP contribution is -2.42. The summed E-state index contributed by atoms with van der Waals surface area (Å²) in [5, 5.41) is 1.19. The highest BCUT2D eigenvalue weighted by molar-refractivity contribution is 6.01. The molecule has 2 fully saturated rings. The number of aromatic nitrogens is 4. The maximum absolute atomic E-state index is 13.4. The Labute approximate surface area is 171 Å². The van der Waals surface area contributed by atoms with Crippen molar-refractivity contribution in [2.45, 2.75) is 50.5 Å². The molecule has 0 atom stereocenters. The molecule has 1 saturated heterocycles. The molecule has 30 heavy (non-hydrogen) atoms. The molecule has 2 N–H and O–H groups in total. The van der Waals surface area contributed by atoms with Crippen LogP contribution in [-0.4, -0.2) is 50.0 Å². The van der Waals surface area contributed by atoms with E-state index in [-0.39, 0.29) is 24.6 Å². The van der Waals surface area contributed by atoms with E-state index in [4.69, 9.17) is 0 Å². The molecule has 5 rings (SSSR count). The number of nitrogens with one attached hydrogen (secondary N) is 2. The van der Waals surface area contributed by atoms with E-state index in [1.54, 1.807) is 10.8 Å². The van der Waals surface area contributed by atoms with Crippen molar-refractivity contribution in [3.63, 3.8) is 0 Å². The third-order valence-electron chi connectivity index (χ3n) is 6.77. The molecule has 3 aromatic heterocycles. The van der Waals surface area contributed by atoms with Gasteiger partial charge in [-0.25, -0.2) is 18.6 Å². The molecule has 0 unspecified atom stereocenters. The summed E-state index contributed by atoms with van der Waals surface area (Å²) in [6.07, 6.45) is 6.68. The zero-order valence-corrected chi connectivity index (χ0v) is 16.7. The fourth-order valence-electron chi connectivity index (χ4n) is 5.11. The summed E-state index contributed by atoms with van der Waals surface area (Å²) in [6.45, 7) is 1.75. The molecule has 0 amide bonds. The quantitative estimate of drug-likeness (QED) is 0.686. The minimum Gasteiger partial charge on any atom is -0.346 e. The Morgan fingerprint density at radius 2 is 1.83 bits per heavy atom. The molecule has 1 aliphatic heterocycles. The van der Waals surface area contributed by atoms with Crippen molar-refractivity contribution in [3.05, 3.63) is 39.3 Å². The summed E-state index contributed by atoms with van der Waals surface area (Å²) >= 11 is 0. The summed E-state index contributed by atoms with van der Waals surface area (Å²) in [4.78, 5) is 37.0. The lowest BCUT2D eigenvalue weighted by atomic mass is 9.85. The monoisotopic (exact) mass is 417 g/mol. The standard InChI is InChI=1S/C21H25F2N5O2/c22-21(23)6-9-27(10-7-21)12-13-1-3-14(4-2-13)28-17-15-5-8-24-18(15)25-11-16(17)19(29)26-20(28)30/h5,8,11,13-14H,1-4,6-7,9-10,12H2,(H,24,25)(H,26,29,30). The fraction of sp³-hybridized carbons (Fsp3) is 0.571. The predicted octanol–water partition coefficient (Wildman–Crippen LogP) is 3.03. The minimum atomic E-state index is -2.51. The van der Waals surface area contributed by atoms with Crippen molar-refractivity contribution in [1.82, 2.24) is 24.4 Å². The Morgan fingerprint density at radius 1 is 1.10 bits per heavy atom. The number of H-pyrrole nitrogens is 2. The lowest BCUT2D eigenvalue weighted by molar-refractivity contribution is -0.0582. The van der Waals surface area contributed by atoms with Gasteiger partial charge in [0, 0.05) is 56.3 Å². The summed E-state index contributed by atoms with van der Waals surface area (Å²) in [7, 11) is 0. The highest BCUT2D eigenvalue weighted by Gasteiger charge is 2.35. The van der Waals surface area contributed by atoms with Crippen LogP contribution in [0, 0.1) is 5.92 Å². The maximum Gasteiger partial charge on any atom is 0.329 e. The minimum absolute atomic E-state index is 0.000658. The Balaban J connectivity index is 1.37. The van der Waals surface area contributed by atoms with Gasteiger partial charge in [0.25, 0.3) is 11.5 Å². The number of likely N-dealkylation sites (tertiary alicyclic amines) is 1. The van der Waals surface area contributed by atoms with Crippen LogP contribution in [0.5, 0.6) is 0 Å². The third-order valence-corrected chi connectivity index (χ3v) is 6.77. The molecule has 0 aromatic carbocycles. The molecule has 9 heteroatoms. The lowest BCUT2D eigenvalue weighted by Gasteiger charge is -2.37. The summed E-state index contributed by atoms with van der Waals surface area (Å²) in [5.74, 6) is -2.06. The summed E-state index contributed by atoms with van der Waals surface area (Å²) < 4.78 is 28.5. The maximum atomic E-state index is 13.4. The van der Waals surface area contributed by atoms with Gasteiger partial charge < -0.3 is 9.88 Å². The second-order valence-electron chi connectivity index (χ2n) is 8.72. The van der Waals surface area contributed by atoms with E-state index in [0.29, 0.717) is 35.6 Å².